The van der Waals surface area contributed by atoms with E-state index < -0.39 is 0 Å². The molecular formula is C12H6BrN2S. The van der Waals surface area contributed by atoms with Gasteiger partial charge in [0.2, 0.25) is 0 Å². The average molecular weight is 290 g/mol. The largest absolute Gasteiger partial charge is 0.243 e. The minimum atomic E-state index is 0.806. The number of hydrogen-bond acceptors (Lipinski definition) is 3. The van der Waals surface area contributed by atoms with Crippen molar-refractivity contribution in [3.63, 3.8) is 0 Å². The molecule has 0 aliphatic rings. The lowest BCUT2D eigenvalue weighted by atomic mass is 10.3. The van der Waals surface area contributed by atoms with E-state index >= 15 is 0 Å². The highest BCUT2D eigenvalue weighted by atomic mass is 79.9. The van der Waals surface area contributed by atoms with Crippen LogP contribution in [-0.2, 0) is 0 Å². The Hall–Kier alpha value is -1.26. The fourth-order valence-corrected chi connectivity index (χ4v) is 2.48. The summed E-state index contributed by atoms with van der Waals surface area (Å²) in [4.78, 5) is 9.91. The van der Waals surface area contributed by atoms with Gasteiger partial charge in [-0.3, -0.25) is 0 Å². The lowest BCUT2D eigenvalue weighted by Crippen LogP contribution is -1.87. The second-order valence-electron chi connectivity index (χ2n) is 3.29. The van der Waals surface area contributed by atoms with Crippen molar-refractivity contribution in [2.24, 2.45) is 0 Å². The molecule has 0 aliphatic carbocycles. The van der Waals surface area contributed by atoms with Gasteiger partial charge in [-0.1, -0.05) is 22.0 Å². The summed E-state index contributed by atoms with van der Waals surface area (Å²) >= 11 is 5.07. The van der Waals surface area contributed by atoms with Crippen molar-refractivity contribution < 1.29 is 0 Å². The monoisotopic (exact) mass is 289 g/mol. The van der Waals surface area contributed by atoms with Crippen LogP contribution >= 0.6 is 27.3 Å². The minimum Gasteiger partial charge on any atom is -0.243 e. The molecule has 3 aromatic rings. The summed E-state index contributed by atoms with van der Waals surface area (Å²) < 4.78 is 1.01. The number of rotatable bonds is 1. The first-order valence-corrected chi connectivity index (χ1v) is 6.39. The zero-order valence-electron chi connectivity index (χ0n) is 8.14. The first-order valence-electron chi connectivity index (χ1n) is 4.72. The predicted octanol–water partition coefficient (Wildman–Crippen LogP) is 3.92. The molecule has 77 valence electrons. The molecule has 16 heavy (non-hydrogen) atoms. The van der Waals surface area contributed by atoms with Crippen LogP contribution in [0.2, 0.25) is 0 Å². The van der Waals surface area contributed by atoms with Crippen molar-refractivity contribution in [3.05, 3.63) is 46.4 Å². The van der Waals surface area contributed by atoms with Crippen LogP contribution in [0.25, 0.3) is 21.6 Å². The highest BCUT2D eigenvalue weighted by Gasteiger charge is 2.04. The first-order chi connectivity index (χ1) is 7.83. The van der Waals surface area contributed by atoms with Crippen molar-refractivity contribution in [1.29, 1.82) is 0 Å². The van der Waals surface area contributed by atoms with E-state index in [4.69, 9.17) is 0 Å². The Morgan fingerprint density at radius 1 is 1.19 bits per heavy atom. The molecule has 1 aromatic carbocycles. The van der Waals surface area contributed by atoms with Crippen LogP contribution in [0.15, 0.2) is 40.2 Å². The summed E-state index contributed by atoms with van der Waals surface area (Å²) in [5.41, 5.74) is 2.56. The van der Waals surface area contributed by atoms with Crippen molar-refractivity contribution in [1.82, 2.24) is 9.97 Å². The summed E-state index contributed by atoms with van der Waals surface area (Å²) in [5, 5.41) is 2.02. The molecular weight excluding hydrogens is 284 g/mol. The van der Waals surface area contributed by atoms with Crippen molar-refractivity contribution in [2.45, 2.75) is 0 Å². The fourth-order valence-electron chi connectivity index (χ4n) is 1.46. The molecule has 4 heteroatoms. The van der Waals surface area contributed by atoms with Crippen LogP contribution in [0, 0.1) is 6.20 Å². The standard InChI is InChI=1S/C12H6BrN2S/c13-8-3-4-9-10(6-8)15-11(7-14-9)12-2-1-5-16-12/h1-6H. The summed E-state index contributed by atoms with van der Waals surface area (Å²) in [6.07, 6.45) is 2.97. The summed E-state index contributed by atoms with van der Waals surface area (Å²) in [5.74, 6) is 0. The van der Waals surface area contributed by atoms with E-state index in [-0.39, 0.29) is 0 Å². The number of benzene rings is 1. The Bertz CT molecular complexity index is 635. The molecule has 3 rings (SSSR count). The maximum absolute atomic E-state index is 4.54. The Balaban J connectivity index is 2.22. The predicted molar refractivity (Wildman–Crippen MR) is 69.4 cm³/mol. The highest BCUT2D eigenvalue weighted by molar-refractivity contribution is 9.10. The fraction of sp³-hybridized carbons (Fsp3) is 0. The number of halogens is 1. The van der Waals surface area contributed by atoms with Gasteiger partial charge in [0.05, 0.1) is 15.9 Å². The zero-order chi connectivity index (χ0) is 11.0. The Morgan fingerprint density at radius 3 is 2.94 bits per heavy atom. The van der Waals surface area contributed by atoms with Gasteiger partial charge in [0.25, 0.3) is 0 Å². The molecule has 0 unspecified atom stereocenters. The Morgan fingerprint density at radius 2 is 2.12 bits per heavy atom. The number of nitrogens with zero attached hydrogens (tertiary/aromatic N) is 2. The van der Waals surface area contributed by atoms with Crippen LogP contribution in [0.5, 0.6) is 0 Å². The molecule has 0 atom stereocenters. The zero-order valence-corrected chi connectivity index (χ0v) is 10.5. The molecule has 0 saturated heterocycles. The molecule has 0 fully saturated rings. The molecule has 0 spiro atoms. The van der Waals surface area contributed by atoms with Crippen LogP contribution < -0.4 is 0 Å². The smallest absolute Gasteiger partial charge is 0.119 e. The highest BCUT2D eigenvalue weighted by Crippen LogP contribution is 2.24. The van der Waals surface area contributed by atoms with Crippen LogP contribution in [0.4, 0.5) is 0 Å². The third kappa shape index (κ3) is 1.74. The van der Waals surface area contributed by atoms with Crippen LogP contribution in [0.1, 0.15) is 0 Å². The van der Waals surface area contributed by atoms with E-state index in [0.29, 0.717) is 0 Å². The maximum atomic E-state index is 4.54. The molecule has 0 bridgehead atoms. The van der Waals surface area contributed by atoms with Crippen molar-refractivity contribution >= 4 is 38.3 Å². The quantitative estimate of drug-likeness (QED) is 0.679. The van der Waals surface area contributed by atoms with Gasteiger partial charge in [0.1, 0.15) is 11.9 Å². The van der Waals surface area contributed by atoms with E-state index in [1.807, 2.05) is 35.7 Å². The Labute approximate surface area is 105 Å². The molecule has 0 amide bonds. The van der Waals surface area contributed by atoms with Gasteiger partial charge in [-0.2, -0.15) is 0 Å². The summed E-state index contributed by atoms with van der Waals surface area (Å²) in [6, 6.07) is 9.87. The third-order valence-electron chi connectivity index (χ3n) is 2.21. The number of aromatic nitrogens is 2. The Kier molecular flexibility index (Phi) is 2.46. The van der Waals surface area contributed by atoms with Crippen LogP contribution in [-0.4, -0.2) is 9.97 Å². The number of hydrogen-bond donors (Lipinski definition) is 0. The summed E-state index contributed by atoms with van der Waals surface area (Å²) in [6.45, 7) is 0. The van der Waals surface area contributed by atoms with Gasteiger partial charge in [-0.05, 0) is 29.6 Å². The van der Waals surface area contributed by atoms with Crippen molar-refractivity contribution in [3.8, 4) is 10.6 Å². The topological polar surface area (TPSA) is 25.8 Å². The van der Waals surface area contributed by atoms with Gasteiger partial charge in [0.15, 0.2) is 0 Å². The minimum absolute atomic E-state index is 0.806. The molecule has 2 heterocycles. The van der Waals surface area contributed by atoms with Crippen molar-refractivity contribution in [2.75, 3.05) is 0 Å². The third-order valence-corrected chi connectivity index (χ3v) is 3.58. The lowest BCUT2D eigenvalue weighted by Gasteiger charge is -1.99. The van der Waals surface area contributed by atoms with E-state index in [1.165, 1.54) is 0 Å². The van der Waals surface area contributed by atoms with E-state index in [2.05, 4.69) is 32.1 Å². The maximum Gasteiger partial charge on any atom is 0.119 e. The van der Waals surface area contributed by atoms with E-state index in [0.717, 1.165) is 26.1 Å². The van der Waals surface area contributed by atoms with Gasteiger partial charge >= 0.3 is 0 Å². The molecule has 0 aliphatic heterocycles. The second-order valence-corrected chi connectivity index (χ2v) is 5.16. The molecule has 1 radical (unpaired) electrons. The second kappa shape index (κ2) is 3.96. The van der Waals surface area contributed by atoms with E-state index in [1.54, 1.807) is 11.3 Å². The van der Waals surface area contributed by atoms with Crippen LogP contribution in [0.3, 0.4) is 0 Å². The van der Waals surface area contributed by atoms with Gasteiger partial charge in [-0.15, -0.1) is 11.3 Å². The molecule has 0 saturated carbocycles. The van der Waals surface area contributed by atoms with Gasteiger partial charge < -0.3 is 0 Å². The number of thiophene rings is 1. The normalized spacial score (nSPS) is 10.8. The van der Waals surface area contributed by atoms with E-state index in [9.17, 15) is 0 Å². The molecule has 0 N–H and O–H groups in total. The number of fused-ring (bicyclic) bond motifs is 1. The SMILES string of the molecule is Brc1ccc2n[c]c(-c3cccs3)nc2c1. The first kappa shape index (κ1) is 9.93. The molecule has 2 nitrogen and oxygen atoms in total. The van der Waals surface area contributed by atoms with Gasteiger partial charge in [-0.25, -0.2) is 9.97 Å². The summed E-state index contributed by atoms with van der Waals surface area (Å²) in [7, 11) is 0. The lowest BCUT2D eigenvalue weighted by molar-refractivity contribution is 1.29. The molecule has 2 aromatic heterocycles. The van der Waals surface area contributed by atoms with Gasteiger partial charge in [0, 0.05) is 4.47 Å². The average Bonchev–Trinajstić information content (AvgIpc) is 2.81.